The average Bonchev–Trinajstić information content (AvgIpc) is 2.88. The third-order valence-corrected chi connectivity index (χ3v) is 4.64. The third-order valence-electron chi connectivity index (χ3n) is 3.74. The van der Waals surface area contributed by atoms with Crippen LogP contribution in [0.15, 0.2) is 6.20 Å². The van der Waals surface area contributed by atoms with Gasteiger partial charge in [0.1, 0.15) is 0 Å². The molecule has 2 amide bonds. The van der Waals surface area contributed by atoms with Gasteiger partial charge in [-0.25, -0.2) is 9.78 Å². The molecule has 1 fully saturated rings. The summed E-state index contributed by atoms with van der Waals surface area (Å²) >= 11 is 1.53. The predicted octanol–water partition coefficient (Wildman–Crippen LogP) is 1.84. The fourth-order valence-electron chi connectivity index (χ4n) is 2.43. The van der Waals surface area contributed by atoms with Gasteiger partial charge in [-0.1, -0.05) is 13.8 Å². The van der Waals surface area contributed by atoms with Gasteiger partial charge >= 0.3 is 6.03 Å². The second-order valence-electron chi connectivity index (χ2n) is 5.68. The molecule has 21 heavy (non-hydrogen) atoms. The number of nitrogens with two attached hydrogens (primary N) is 1. The molecule has 6 nitrogen and oxygen atoms in total. The molecule has 4 N–H and O–H groups in total. The van der Waals surface area contributed by atoms with Gasteiger partial charge in [0.15, 0.2) is 5.13 Å². The first-order valence-electron chi connectivity index (χ1n) is 7.56. The van der Waals surface area contributed by atoms with E-state index < -0.39 is 0 Å². The zero-order valence-electron chi connectivity index (χ0n) is 12.8. The lowest BCUT2D eigenvalue weighted by Crippen LogP contribution is -2.45. The van der Waals surface area contributed by atoms with E-state index in [-0.39, 0.29) is 6.03 Å². The van der Waals surface area contributed by atoms with Crippen molar-refractivity contribution < 1.29 is 4.79 Å². The van der Waals surface area contributed by atoms with E-state index in [9.17, 15) is 4.79 Å². The number of rotatable bonds is 5. The molecular formula is C14H25N5OS. The second kappa shape index (κ2) is 7.72. The number of thiazole rings is 1. The highest BCUT2D eigenvalue weighted by Crippen LogP contribution is 2.22. The van der Waals surface area contributed by atoms with Crippen molar-refractivity contribution in [2.75, 3.05) is 25.0 Å². The Bertz CT molecular complexity index is 464. The Balaban J connectivity index is 1.81. The molecule has 0 aromatic carbocycles. The summed E-state index contributed by atoms with van der Waals surface area (Å²) in [7, 11) is 0. The van der Waals surface area contributed by atoms with Crippen LogP contribution in [0.5, 0.6) is 0 Å². The average molecular weight is 311 g/mol. The second-order valence-corrected chi connectivity index (χ2v) is 6.79. The Kier molecular flexibility index (Phi) is 5.96. The molecule has 118 valence electrons. The predicted molar refractivity (Wildman–Crippen MR) is 86.5 cm³/mol. The molecule has 0 spiro atoms. The standard InChI is InChI=1S/C14H25N5OS/c1-3-5-16-13(20)18-14-17-7-11(21-14)9-19-6-4-12(15)10(2)8-19/h7,10,12H,3-6,8-9,15H2,1-2H3,(H2,16,17,18,20). The topological polar surface area (TPSA) is 83.3 Å². The Morgan fingerprint density at radius 3 is 3.14 bits per heavy atom. The van der Waals surface area contributed by atoms with Gasteiger partial charge in [-0.15, -0.1) is 11.3 Å². The molecular weight excluding hydrogens is 286 g/mol. The maximum atomic E-state index is 11.6. The van der Waals surface area contributed by atoms with Crippen LogP contribution in [0.4, 0.5) is 9.93 Å². The van der Waals surface area contributed by atoms with Crippen LogP contribution < -0.4 is 16.4 Å². The van der Waals surface area contributed by atoms with Gasteiger partial charge in [0, 0.05) is 43.3 Å². The summed E-state index contributed by atoms with van der Waals surface area (Å²) < 4.78 is 0. The largest absolute Gasteiger partial charge is 0.338 e. The first kappa shape index (κ1) is 16.2. The summed E-state index contributed by atoms with van der Waals surface area (Å²) in [5.74, 6) is 0.532. The van der Waals surface area contributed by atoms with Crippen LogP contribution in [0, 0.1) is 5.92 Å². The molecule has 1 saturated heterocycles. The number of urea groups is 1. The van der Waals surface area contributed by atoms with Crippen molar-refractivity contribution in [2.24, 2.45) is 11.7 Å². The van der Waals surface area contributed by atoms with Crippen LogP contribution in [0.1, 0.15) is 31.6 Å². The van der Waals surface area contributed by atoms with Crippen molar-refractivity contribution in [2.45, 2.75) is 39.3 Å². The summed E-state index contributed by atoms with van der Waals surface area (Å²) in [4.78, 5) is 19.4. The van der Waals surface area contributed by atoms with Gasteiger partial charge < -0.3 is 11.1 Å². The number of nitrogens with zero attached hydrogens (tertiary/aromatic N) is 2. The van der Waals surface area contributed by atoms with E-state index >= 15 is 0 Å². The minimum Gasteiger partial charge on any atom is -0.338 e. The van der Waals surface area contributed by atoms with Gasteiger partial charge in [0.25, 0.3) is 0 Å². The van der Waals surface area contributed by atoms with Crippen LogP contribution in [-0.4, -0.2) is 41.6 Å². The number of likely N-dealkylation sites (tertiary alicyclic amines) is 1. The lowest BCUT2D eigenvalue weighted by Gasteiger charge is -2.34. The van der Waals surface area contributed by atoms with E-state index in [1.165, 1.54) is 16.2 Å². The minimum absolute atomic E-state index is 0.185. The smallest absolute Gasteiger partial charge is 0.321 e. The lowest BCUT2D eigenvalue weighted by atomic mass is 9.95. The molecule has 2 unspecified atom stereocenters. The summed E-state index contributed by atoms with van der Waals surface area (Å²) in [6, 6.07) is 0.137. The Morgan fingerprint density at radius 1 is 1.62 bits per heavy atom. The number of piperidine rings is 1. The van der Waals surface area contributed by atoms with Crippen molar-refractivity contribution in [3.05, 3.63) is 11.1 Å². The molecule has 2 atom stereocenters. The Hall–Kier alpha value is -1.18. The SMILES string of the molecule is CCCNC(=O)Nc1ncc(CN2CCC(N)C(C)C2)s1. The quantitative estimate of drug-likeness (QED) is 0.775. The normalized spacial score (nSPS) is 23.0. The van der Waals surface area contributed by atoms with Crippen LogP contribution >= 0.6 is 11.3 Å². The molecule has 1 aliphatic heterocycles. The van der Waals surface area contributed by atoms with Crippen LogP contribution in [0.3, 0.4) is 0 Å². The highest BCUT2D eigenvalue weighted by molar-refractivity contribution is 7.15. The third kappa shape index (κ3) is 4.94. The van der Waals surface area contributed by atoms with Crippen LogP contribution in [-0.2, 0) is 6.54 Å². The van der Waals surface area contributed by atoms with Crippen molar-refractivity contribution >= 4 is 22.5 Å². The number of carbonyl (C=O) groups is 1. The van der Waals surface area contributed by atoms with E-state index in [0.29, 0.717) is 23.6 Å². The van der Waals surface area contributed by atoms with E-state index in [1.807, 2.05) is 13.1 Å². The number of nitrogens with one attached hydrogen (secondary N) is 2. The van der Waals surface area contributed by atoms with Crippen molar-refractivity contribution in [3.63, 3.8) is 0 Å². The molecule has 0 saturated carbocycles. The summed E-state index contributed by atoms with van der Waals surface area (Å²) in [5.41, 5.74) is 6.04. The molecule has 1 aromatic heterocycles. The number of amides is 2. The van der Waals surface area contributed by atoms with Crippen molar-refractivity contribution in [3.8, 4) is 0 Å². The van der Waals surface area contributed by atoms with Crippen molar-refractivity contribution in [1.82, 2.24) is 15.2 Å². The monoisotopic (exact) mass is 311 g/mol. The van der Waals surface area contributed by atoms with E-state index in [2.05, 4.69) is 27.4 Å². The molecule has 2 heterocycles. The van der Waals surface area contributed by atoms with Crippen LogP contribution in [0.25, 0.3) is 0 Å². The van der Waals surface area contributed by atoms with Crippen LogP contribution in [0.2, 0.25) is 0 Å². The summed E-state index contributed by atoms with van der Waals surface area (Å²) in [6.07, 6.45) is 3.82. The van der Waals surface area contributed by atoms with E-state index in [4.69, 9.17) is 5.73 Å². The summed E-state index contributed by atoms with van der Waals surface area (Å²) in [5, 5.41) is 6.20. The zero-order chi connectivity index (χ0) is 15.2. The molecule has 0 aliphatic carbocycles. The number of aromatic nitrogens is 1. The molecule has 0 bridgehead atoms. The van der Waals surface area contributed by atoms with E-state index in [0.717, 1.165) is 32.5 Å². The summed E-state index contributed by atoms with van der Waals surface area (Å²) in [6.45, 7) is 7.84. The Morgan fingerprint density at radius 2 is 2.43 bits per heavy atom. The molecule has 0 radical (unpaired) electrons. The lowest BCUT2D eigenvalue weighted by molar-refractivity contribution is 0.159. The molecule has 1 aliphatic rings. The minimum atomic E-state index is -0.185. The maximum absolute atomic E-state index is 11.6. The number of hydrogen-bond acceptors (Lipinski definition) is 5. The van der Waals surface area contributed by atoms with Gasteiger partial charge in [-0.3, -0.25) is 10.2 Å². The Labute approximate surface area is 130 Å². The fraction of sp³-hybridized carbons (Fsp3) is 0.714. The number of hydrogen-bond donors (Lipinski definition) is 3. The van der Waals surface area contributed by atoms with Crippen molar-refractivity contribution in [1.29, 1.82) is 0 Å². The fourth-order valence-corrected chi connectivity index (χ4v) is 3.28. The first-order chi connectivity index (χ1) is 10.1. The maximum Gasteiger partial charge on any atom is 0.321 e. The molecule has 7 heteroatoms. The zero-order valence-corrected chi connectivity index (χ0v) is 13.6. The van der Waals surface area contributed by atoms with E-state index in [1.54, 1.807) is 0 Å². The van der Waals surface area contributed by atoms with Gasteiger partial charge in [-0.2, -0.15) is 0 Å². The molecule has 2 rings (SSSR count). The van der Waals surface area contributed by atoms with Gasteiger partial charge in [0.05, 0.1) is 0 Å². The molecule has 1 aromatic rings. The first-order valence-corrected chi connectivity index (χ1v) is 8.37. The van der Waals surface area contributed by atoms with Gasteiger partial charge in [0.2, 0.25) is 0 Å². The highest BCUT2D eigenvalue weighted by Gasteiger charge is 2.23. The number of carbonyl (C=O) groups excluding carboxylic acids is 1. The highest BCUT2D eigenvalue weighted by atomic mass is 32.1. The van der Waals surface area contributed by atoms with Gasteiger partial charge in [-0.05, 0) is 18.8 Å². The number of anilines is 1.